The molecule has 17 heavy (non-hydrogen) atoms. The SMILES string of the molecule is CSc1nc(N)nc(-c2ccc(C)c(Br)c2)n1. The lowest BCUT2D eigenvalue weighted by Crippen LogP contribution is -2.01. The van der Waals surface area contributed by atoms with E-state index in [1.54, 1.807) is 0 Å². The number of thioether (sulfide) groups is 1. The van der Waals surface area contributed by atoms with E-state index in [1.807, 2.05) is 31.4 Å². The Morgan fingerprint density at radius 2 is 2.00 bits per heavy atom. The molecule has 1 aromatic carbocycles. The molecule has 2 rings (SSSR count). The van der Waals surface area contributed by atoms with Crippen molar-refractivity contribution < 1.29 is 0 Å². The van der Waals surface area contributed by atoms with Gasteiger partial charge in [0.1, 0.15) is 0 Å². The summed E-state index contributed by atoms with van der Waals surface area (Å²) in [4.78, 5) is 12.5. The van der Waals surface area contributed by atoms with Gasteiger partial charge in [0.05, 0.1) is 0 Å². The van der Waals surface area contributed by atoms with Crippen molar-refractivity contribution in [1.29, 1.82) is 0 Å². The van der Waals surface area contributed by atoms with Crippen molar-refractivity contribution in [2.75, 3.05) is 12.0 Å². The molecule has 1 heterocycles. The molecule has 0 saturated carbocycles. The van der Waals surface area contributed by atoms with Crippen LogP contribution < -0.4 is 5.73 Å². The van der Waals surface area contributed by atoms with Gasteiger partial charge >= 0.3 is 0 Å². The molecule has 0 radical (unpaired) electrons. The number of aromatic nitrogens is 3. The van der Waals surface area contributed by atoms with Crippen LogP contribution in [0.5, 0.6) is 0 Å². The third-order valence-electron chi connectivity index (χ3n) is 2.24. The van der Waals surface area contributed by atoms with E-state index in [4.69, 9.17) is 5.73 Å². The minimum absolute atomic E-state index is 0.246. The Morgan fingerprint density at radius 1 is 1.24 bits per heavy atom. The van der Waals surface area contributed by atoms with Crippen molar-refractivity contribution in [3.05, 3.63) is 28.2 Å². The minimum atomic E-state index is 0.246. The lowest BCUT2D eigenvalue weighted by atomic mass is 10.1. The van der Waals surface area contributed by atoms with Gasteiger partial charge in [-0.3, -0.25) is 0 Å². The molecule has 0 spiro atoms. The predicted octanol–water partition coefficient (Wildman–Crippen LogP) is 2.91. The normalized spacial score (nSPS) is 10.5. The molecule has 0 fully saturated rings. The van der Waals surface area contributed by atoms with E-state index < -0.39 is 0 Å². The van der Waals surface area contributed by atoms with Crippen molar-refractivity contribution in [3.63, 3.8) is 0 Å². The second kappa shape index (κ2) is 5.01. The summed E-state index contributed by atoms with van der Waals surface area (Å²) in [6.45, 7) is 2.03. The van der Waals surface area contributed by atoms with Gasteiger partial charge in [-0.2, -0.15) is 9.97 Å². The zero-order valence-electron chi connectivity index (χ0n) is 9.44. The van der Waals surface area contributed by atoms with Crippen molar-refractivity contribution in [2.45, 2.75) is 12.1 Å². The van der Waals surface area contributed by atoms with Gasteiger partial charge in [0.25, 0.3) is 0 Å². The highest BCUT2D eigenvalue weighted by Crippen LogP contribution is 2.24. The van der Waals surface area contributed by atoms with E-state index in [-0.39, 0.29) is 5.95 Å². The Labute approximate surface area is 112 Å². The molecule has 0 unspecified atom stereocenters. The topological polar surface area (TPSA) is 64.7 Å². The number of nitrogen functional groups attached to an aromatic ring is 1. The van der Waals surface area contributed by atoms with Gasteiger partial charge in [-0.05, 0) is 24.8 Å². The number of nitrogens with two attached hydrogens (primary N) is 1. The zero-order valence-corrected chi connectivity index (χ0v) is 11.8. The molecule has 6 heteroatoms. The average molecular weight is 311 g/mol. The molecule has 88 valence electrons. The molecule has 4 nitrogen and oxygen atoms in total. The van der Waals surface area contributed by atoms with Crippen molar-refractivity contribution >= 4 is 33.6 Å². The van der Waals surface area contributed by atoms with Crippen LogP contribution in [0.3, 0.4) is 0 Å². The molecule has 2 N–H and O–H groups in total. The third-order valence-corrected chi connectivity index (χ3v) is 3.65. The number of aryl methyl sites for hydroxylation is 1. The summed E-state index contributed by atoms with van der Waals surface area (Å²) >= 11 is 4.94. The molecule has 0 saturated heterocycles. The van der Waals surface area contributed by atoms with Crippen LogP contribution in [0.4, 0.5) is 5.95 Å². The van der Waals surface area contributed by atoms with Gasteiger partial charge in [0.15, 0.2) is 11.0 Å². The summed E-state index contributed by atoms with van der Waals surface area (Å²) in [6.07, 6.45) is 1.91. The molecule has 2 aromatic rings. The highest BCUT2D eigenvalue weighted by atomic mass is 79.9. The number of benzene rings is 1. The Kier molecular flexibility index (Phi) is 3.63. The largest absolute Gasteiger partial charge is 0.368 e. The van der Waals surface area contributed by atoms with Gasteiger partial charge < -0.3 is 5.73 Å². The molecular formula is C11H11BrN4S. The van der Waals surface area contributed by atoms with Crippen molar-refractivity contribution in [2.24, 2.45) is 0 Å². The lowest BCUT2D eigenvalue weighted by molar-refractivity contribution is 0.927. The number of rotatable bonds is 2. The quantitative estimate of drug-likeness (QED) is 0.864. The van der Waals surface area contributed by atoms with E-state index in [2.05, 4.69) is 30.9 Å². The average Bonchev–Trinajstić information content (AvgIpc) is 2.32. The molecule has 0 amide bonds. The first-order valence-electron chi connectivity index (χ1n) is 4.92. The van der Waals surface area contributed by atoms with E-state index in [9.17, 15) is 0 Å². The lowest BCUT2D eigenvalue weighted by Gasteiger charge is -2.05. The first kappa shape index (κ1) is 12.3. The third kappa shape index (κ3) is 2.76. The van der Waals surface area contributed by atoms with Gasteiger partial charge in [-0.1, -0.05) is 39.8 Å². The zero-order chi connectivity index (χ0) is 12.4. The maximum atomic E-state index is 5.65. The van der Waals surface area contributed by atoms with Crippen LogP contribution in [-0.4, -0.2) is 21.2 Å². The van der Waals surface area contributed by atoms with Crippen molar-refractivity contribution in [3.8, 4) is 11.4 Å². The van der Waals surface area contributed by atoms with E-state index >= 15 is 0 Å². The number of hydrogen-bond donors (Lipinski definition) is 1. The smallest absolute Gasteiger partial charge is 0.224 e. The molecule has 0 aliphatic rings. The summed E-state index contributed by atoms with van der Waals surface area (Å²) in [7, 11) is 0. The molecular weight excluding hydrogens is 300 g/mol. The molecule has 1 aromatic heterocycles. The van der Waals surface area contributed by atoms with E-state index in [0.717, 1.165) is 10.0 Å². The number of halogens is 1. The van der Waals surface area contributed by atoms with E-state index in [1.165, 1.54) is 17.3 Å². The van der Waals surface area contributed by atoms with Gasteiger partial charge in [-0.15, -0.1) is 0 Å². The van der Waals surface area contributed by atoms with Crippen LogP contribution in [0.25, 0.3) is 11.4 Å². The maximum absolute atomic E-state index is 5.65. The number of nitrogens with zero attached hydrogens (tertiary/aromatic N) is 3. The van der Waals surface area contributed by atoms with Crippen LogP contribution in [-0.2, 0) is 0 Å². The molecule has 0 aliphatic carbocycles. The predicted molar refractivity (Wildman–Crippen MR) is 73.9 cm³/mol. The highest BCUT2D eigenvalue weighted by molar-refractivity contribution is 9.10. The fourth-order valence-corrected chi connectivity index (χ4v) is 2.07. The monoisotopic (exact) mass is 310 g/mol. The summed E-state index contributed by atoms with van der Waals surface area (Å²) in [5.41, 5.74) is 7.74. The van der Waals surface area contributed by atoms with Crippen LogP contribution in [0, 0.1) is 6.92 Å². The second-order valence-corrected chi connectivity index (χ2v) is 5.10. The Bertz CT molecular complexity index is 559. The fourth-order valence-electron chi connectivity index (χ4n) is 1.32. The summed E-state index contributed by atoms with van der Waals surface area (Å²) < 4.78 is 1.03. The van der Waals surface area contributed by atoms with Gasteiger partial charge in [0.2, 0.25) is 5.95 Å². The first-order valence-corrected chi connectivity index (χ1v) is 6.94. The molecule has 0 atom stereocenters. The van der Waals surface area contributed by atoms with Crippen LogP contribution >= 0.6 is 27.7 Å². The van der Waals surface area contributed by atoms with Gasteiger partial charge in [-0.25, -0.2) is 4.98 Å². The van der Waals surface area contributed by atoms with Crippen LogP contribution in [0.15, 0.2) is 27.8 Å². The van der Waals surface area contributed by atoms with Crippen LogP contribution in [0.1, 0.15) is 5.56 Å². The van der Waals surface area contributed by atoms with Gasteiger partial charge in [0, 0.05) is 10.0 Å². The maximum Gasteiger partial charge on any atom is 0.224 e. The molecule has 0 aliphatic heterocycles. The minimum Gasteiger partial charge on any atom is -0.368 e. The number of anilines is 1. The standard InChI is InChI=1S/C11H11BrN4S/c1-6-3-4-7(5-8(6)12)9-14-10(13)16-11(15-9)17-2/h3-5H,1-2H3,(H2,13,14,15,16). The highest BCUT2D eigenvalue weighted by Gasteiger charge is 2.07. The summed E-state index contributed by atoms with van der Waals surface area (Å²) in [5.74, 6) is 0.846. The fraction of sp³-hybridized carbons (Fsp3) is 0.182. The Hall–Kier alpha value is -1.14. The first-order chi connectivity index (χ1) is 8.10. The Morgan fingerprint density at radius 3 is 2.65 bits per heavy atom. The summed E-state index contributed by atoms with van der Waals surface area (Å²) in [6, 6.07) is 5.96. The van der Waals surface area contributed by atoms with E-state index in [0.29, 0.717) is 11.0 Å². The summed E-state index contributed by atoms with van der Waals surface area (Å²) in [5, 5.41) is 0.629. The Balaban J connectivity index is 2.52. The molecule has 0 bridgehead atoms. The van der Waals surface area contributed by atoms with Crippen molar-refractivity contribution in [1.82, 2.24) is 15.0 Å². The number of hydrogen-bond acceptors (Lipinski definition) is 5. The van der Waals surface area contributed by atoms with Crippen LogP contribution in [0.2, 0.25) is 0 Å². The second-order valence-electron chi connectivity index (χ2n) is 3.47.